The van der Waals surface area contributed by atoms with Gasteiger partial charge in [0.2, 0.25) is 22.5 Å². The summed E-state index contributed by atoms with van der Waals surface area (Å²) in [5.41, 5.74) is 1.29. The van der Waals surface area contributed by atoms with E-state index in [-0.39, 0.29) is 34.5 Å². The zero-order valence-corrected chi connectivity index (χ0v) is 16.4. The van der Waals surface area contributed by atoms with Gasteiger partial charge < -0.3 is 20.1 Å². The molecule has 2 aromatic heterocycles. The van der Waals surface area contributed by atoms with Crippen LogP contribution >= 0.6 is 23.2 Å². The second-order valence-electron chi connectivity index (χ2n) is 5.93. The topological polar surface area (TPSA) is 120 Å². The van der Waals surface area contributed by atoms with Crippen molar-refractivity contribution in [2.45, 2.75) is 0 Å². The van der Waals surface area contributed by atoms with E-state index in [1.54, 1.807) is 48.5 Å². The number of nitrogens with one attached hydrogen (secondary N) is 2. The fourth-order valence-electron chi connectivity index (χ4n) is 2.61. The van der Waals surface area contributed by atoms with E-state index in [0.29, 0.717) is 22.9 Å². The SMILES string of the molecule is Clc1nc2nc(n1)Nc1cccc(c1)Oc1nc(Cl)nc(n1)Oc1cccc(c1)N2. The summed E-state index contributed by atoms with van der Waals surface area (Å²) in [6.07, 6.45) is 0. The Morgan fingerprint density at radius 1 is 0.600 bits per heavy atom. The van der Waals surface area contributed by atoms with Crippen molar-refractivity contribution in [3.63, 3.8) is 0 Å². The molecule has 0 saturated carbocycles. The van der Waals surface area contributed by atoms with Crippen LogP contribution in [0.1, 0.15) is 0 Å². The zero-order chi connectivity index (χ0) is 20.5. The molecule has 12 heteroatoms. The minimum Gasteiger partial charge on any atom is -0.424 e. The van der Waals surface area contributed by atoms with E-state index < -0.39 is 0 Å². The normalized spacial score (nSPS) is 12.1. The Morgan fingerprint density at radius 3 is 1.63 bits per heavy atom. The van der Waals surface area contributed by atoms with Gasteiger partial charge in [0, 0.05) is 23.5 Å². The van der Waals surface area contributed by atoms with E-state index >= 15 is 0 Å². The molecule has 148 valence electrons. The maximum atomic E-state index is 6.06. The van der Waals surface area contributed by atoms with Gasteiger partial charge in [-0.15, -0.1) is 4.98 Å². The van der Waals surface area contributed by atoms with E-state index in [2.05, 4.69) is 40.5 Å². The van der Waals surface area contributed by atoms with Gasteiger partial charge in [0.15, 0.2) is 0 Å². The van der Waals surface area contributed by atoms with Gasteiger partial charge in [0.05, 0.1) is 0 Å². The van der Waals surface area contributed by atoms with Crippen LogP contribution in [-0.2, 0) is 0 Å². The number of hydrogen-bond acceptors (Lipinski definition) is 10. The molecule has 10 nitrogen and oxygen atoms in total. The molecule has 8 bridgehead atoms. The van der Waals surface area contributed by atoms with Crippen LogP contribution in [0.4, 0.5) is 23.3 Å². The quantitative estimate of drug-likeness (QED) is 0.348. The monoisotopic (exact) mass is 440 g/mol. The molecule has 0 atom stereocenters. The average Bonchev–Trinajstić information content (AvgIpc) is 2.67. The molecule has 0 unspecified atom stereocenters. The highest BCUT2D eigenvalue weighted by atomic mass is 35.5. The maximum absolute atomic E-state index is 6.06. The third-order valence-electron chi connectivity index (χ3n) is 3.77. The van der Waals surface area contributed by atoms with Crippen molar-refractivity contribution in [2.75, 3.05) is 10.6 Å². The molecule has 3 heterocycles. The Bertz CT molecular complexity index is 1080. The Kier molecular flexibility index (Phi) is 4.62. The van der Waals surface area contributed by atoms with Crippen molar-refractivity contribution >= 4 is 46.5 Å². The number of benzene rings is 2. The molecule has 2 N–H and O–H groups in total. The second kappa shape index (κ2) is 7.58. The first-order valence-corrected chi connectivity index (χ1v) is 9.28. The van der Waals surface area contributed by atoms with E-state index in [4.69, 9.17) is 32.7 Å². The molecular weight excluding hydrogens is 431 g/mol. The molecule has 0 amide bonds. The van der Waals surface area contributed by atoms with Crippen LogP contribution in [0.3, 0.4) is 0 Å². The third kappa shape index (κ3) is 4.14. The van der Waals surface area contributed by atoms with Crippen molar-refractivity contribution in [1.29, 1.82) is 0 Å². The minimum absolute atomic E-state index is 0.0194. The minimum atomic E-state index is -0.0677. The molecule has 1 aliphatic rings. The summed E-state index contributed by atoms with van der Waals surface area (Å²) < 4.78 is 11.4. The molecule has 0 aliphatic carbocycles. The summed E-state index contributed by atoms with van der Waals surface area (Å²) in [5, 5.41) is 6.08. The Labute approximate surface area is 179 Å². The molecule has 0 fully saturated rings. The maximum Gasteiger partial charge on any atom is 0.329 e. The Balaban J connectivity index is 1.63. The average molecular weight is 441 g/mol. The highest BCUT2D eigenvalue weighted by Crippen LogP contribution is 2.28. The first-order valence-electron chi connectivity index (χ1n) is 8.52. The molecule has 5 rings (SSSR count). The van der Waals surface area contributed by atoms with E-state index in [1.165, 1.54) is 0 Å². The van der Waals surface area contributed by atoms with Crippen LogP contribution in [0.15, 0.2) is 48.5 Å². The lowest BCUT2D eigenvalue weighted by Crippen LogP contribution is -2.04. The number of nitrogens with zero attached hydrogens (tertiary/aromatic N) is 6. The van der Waals surface area contributed by atoms with Crippen LogP contribution in [0.5, 0.6) is 23.5 Å². The van der Waals surface area contributed by atoms with Crippen LogP contribution in [0, 0.1) is 0 Å². The lowest BCUT2D eigenvalue weighted by atomic mass is 10.3. The van der Waals surface area contributed by atoms with Gasteiger partial charge in [-0.2, -0.15) is 24.9 Å². The van der Waals surface area contributed by atoms with Gasteiger partial charge in [-0.1, -0.05) is 12.1 Å². The van der Waals surface area contributed by atoms with E-state index in [1.807, 2.05) is 0 Å². The summed E-state index contributed by atoms with van der Waals surface area (Å²) in [6, 6.07) is 14.0. The summed E-state index contributed by atoms with van der Waals surface area (Å²) >= 11 is 12.1. The van der Waals surface area contributed by atoms with Crippen molar-refractivity contribution in [3.8, 4) is 23.5 Å². The molecule has 0 saturated heterocycles. The predicted octanol–water partition coefficient (Wildman–Crippen LogP) is 4.75. The smallest absolute Gasteiger partial charge is 0.329 e. The van der Waals surface area contributed by atoms with Gasteiger partial charge in [0.25, 0.3) is 0 Å². The number of hydrogen-bond donors (Lipinski definition) is 2. The molecule has 1 aliphatic heterocycles. The highest BCUT2D eigenvalue weighted by molar-refractivity contribution is 6.28. The summed E-state index contributed by atoms with van der Waals surface area (Å²) in [6.45, 7) is 0. The lowest BCUT2D eigenvalue weighted by molar-refractivity contribution is 0.397. The number of anilines is 4. The largest absolute Gasteiger partial charge is 0.424 e. The number of halogens is 2. The van der Waals surface area contributed by atoms with Crippen molar-refractivity contribution in [2.24, 2.45) is 0 Å². The standard InChI is InChI=1S/C18H10Cl2N8O2/c19-13-23-15-21-9-3-1-5-11(7-9)29-17-25-14(20)26-18(28-17)30-12-6-2-4-10(8-12)22-16(24-13)27-15/h1-8H,(H2,21,22,23,24,27). The number of rotatable bonds is 0. The second-order valence-corrected chi connectivity index (χ2v) is 6.61. The van der Waals surface area contributed by atoms with Crippen molar-refractivity contribution in [1.82, 2.24) is 29.9 Å². The van der Waals surface area contributed by atoms with Crippen molar-refractivity contribution < 1.29 is 9.47 Å². The van der Waals surface area contributed by atoms with Crippen LogP contribution in [0.2, 0.25) is 10.6 Å². The summed E-state index contributed by atoms with van der Waals surface area (Å²) in [7, 11) is 0. The summed E-state index contributed by atoms with van der Waals surface area (Å²) in [5.74, 6) is 1.39. The first-order chi connectivity index (χ1) is 14.6. The molecular formula is C18H10Cl2N8O2. The lowest BCUT2D eigenvalue weighted by Gasteiger charge is -2.12. The molecule has 2 aromatic carbocycles. The third-order valence-corrected chi connectivity index (χ3v) is 4.11. The van der Waals surface area contributed by atoms with Gasteiger partial charge in [-0.25, -0.2) is 0 Å². The van der Waals surface area contributed by atoms with Crippen molar-refractivity contribution in [3.05, 3.63) is 59.1 Å². The van der Waals surface area contributed by atoms with Gasteiger partial charge >= 0.3 is 12.0 Å². The molecule has 4 aromatic rings. The van der Waals surface area contributed by atoms with Crippen LogP contribution in [0.25, 0.3) is 0 Å². The van der Waals surface area contributed by atoms with E-state index in [0.717, 1.165) is 0 Å². The highest BCUT2D eigenvalue weighted by Gasteiger charge is 2.12. The Morgan fingerprint density at radius 2 is 1.10 bits per heavy atom. The molecule has 30 heavy (non-hydrogen) atoms. The number of fused-ring (bicyclic) bond motifs is 8. The fourth-order valence-corrected chi connectivity index (χ4v) is 2.92. The van der Waals surface area contributed by atoms with Gasteiger partial charge in [0.1, 0.15) is 11.5 Å². The fraction of sp³-hybridized carbons (Fsp3) is 0. The predicted molar refractivity (Wildman–Crippen MR) is 109 cm³/mol. The van der Waals surface area contributed by atoms with Crippen LogP contribution in [-0.4, -0.2) is 29.9 Å². The Hall–Kier alpha value is -3.76. The number of ether oxygens (including phenoxy) is 2. The van der Waals surface area contributed by atoms with Gasteiger partial charge in [-0.3, -0.25) is 0 Å². The zero-order valence-electron chi connectivity index (χ0n) is 14.9. The number of aromatic nitrogens is 6. The van der Waals surface area contributed by atoms with Crippen LogP contribution < -0.4 is 20.1 Å². The molecule has 0 radical (unpaired) electrons. The van der Waals surface area contributed by atoms with E-state index in [9.17, 15) is 0 Å². The summed E-state index contributed by atoms with van der Waals surface area (Å²) in [4.78, 5) is 24.7. The first kappa shape index (κ1) is 18.3. The van der Waals surface area contributed by atoms with Gasteiger partial charge in [-0.05, 0) is 47.5 Å². The molecule has 0 spiro atoms.